The predicted molar refractivity (Wildman–Crippen MR) is 178 cm³/mol. The maximum atomic E-state index is 12.8. The van der Waals surface area contributed by atoms with E-state index in [4.69, 9.17) is 14.7 Å². The van der Waals surface area contributed by atoms with Crippen LogP contribution in [0.4, 0.5) is 0 Å². The van der Waals surface area contributed by atoms with Gasteiger partial charge in [-0.05, 0) is 81.0 Å². The molecular formula is C36H40N4O6. The number of rotatable bonds is 9. The zero-order valence-electron chi connectivity index (χ0n) is 27.1. The number of fused-ring (bicyclic) bond motifs is 8. The number of hydrogen-bond acceptors (Lipinski definition) is 6. The zero-order valence-corrected chi connectivity index (χ0v) is 27.1. The second-order valence-electron chi connectivity index (χ2n) is 11.9. The summed E-state index contributed by atoms with van der Waals surface area (Å²) in [4.78, 5) is 54.4. The first-order valence-electron chi connectivity index (χ1n) is 15.6. The summed E-state index contributed by atoms with van der Waals surface area (Å²) < 4.78 is 5.19. The normalized spacial score (nSPS) is 16.0. The molecule has 2 aliphatic heterocycles. The number of carboxylic acid groups (broad SMARTS) is 2. The molecule has 0 radical (unpaired) electrons. The molecule has 4 N–H and O–H groups in total. The molecule has 240 valence electrons. The largest absolute Gasteiger partial charge is 0.481 e. The molecule has 2 aliphatic rings. The van der Waals surface area contributed by atoms with E-state index in [2.05, 4.69) is 29.5 Å². The molecule has 0 saturated heterocycles. The van der Waals surface area contributed by atoms with Crippen LogP contribution >= 0.6 is 0 Å². The first kappa shape index (κ1) is 32.4. The molecule has 0 unspecified atom stereocenters. The summed E-state index contributed by atoms with van der Waals surface area (Å²) in [5, 5.41) is 20.5. The van der Waals surface area contributed by atoms with Gasteiger partial charge in [0.05, 0.1) is 35.7 Å². The minimum atomic E-state index is -1.20. The van der Waals surface area contributed by atoms with Gasteiger partial charge in [0.2, 0.25) is 0 Å². The molecule has 0 aliphatic carbocycles. The van der Waals surface area contributed by atoms with Crippen LogP contribution in [-0.4, -0.2) is 54.7 Å². The molecule has 3 aromatic rings. The van der Waals surface area contributed by atoms with Crippen LogP contribution in [0, 0.1) is 13.8 Å². The highest BCUT2D eigenvalue weighted by atomic mass is 16.5. The lowest BCUT2D eigenvalue weighted by atomic mass is 9.84. The van der Waals surface area contributed by atoms with E-state index >= 15 is 0 Å². The molecule has 5 rings (SSSR count). The lowest BCUT2D eigenvalue weighted by molar-refractivity contribution is -0.143. The Morgan fingerprint density at radius 3 is 2.28 bits per heavy atom. The van der Waals surface area contributed by atoms with Gasteiger partial charge in [-0.25, -0.2) is 9.78 Å². The van der Waals surface area contributed by atoms with Crippen molar-refractivity contribution < 1.29 is 29.3 Å². The molecule has 10 heteroatoms. The van der Waals surface area contributed by atoms with Gasteiger partial charge in [0.15, 0.2) is 0 Å². The third-order valence-electron chi connectivity index (χ3n) is 9.24. The fraction of sp³-hybridized carbons (Fsp3) is 0.361. The van der Waals surface area contributed by atoms with Gasteiger partial charge >= 0.3 is 17.9 Å². The van der Waals surface area contributed by atoms with E-state index in [-0.39, 0.29) is 47.7 Å². The van der Waals surface area contributed by atoms with E-state index in [0.29, 0.717) is 29.1 Å². The van der Waals surface area contributed by atoms with Gasteiger partial charge in [0.1, 0.15) is 0 Å². The molecule has 3 aromatic heterocycles. The van der Waals surface area contributed by atoms with E-state index in [9.17, 15) is 24.6 Å². The van der Waals surface area contributed by atoms with Crippen molar-refractivity contribution in [3.05, 3.63) is 75.4 Å². The summed E-state index contributed by atoms with van der Waals surface area (Å²) in [5.41, 5.74) is 9.66. The number of aliphatic carboxylic acids is 2. The molecule has 10 nitrogen and oxygen atoms in total. The van der Waals surface area contributed by atoms with E-state index in [1.165, 1.54) is 0 Å². The molecule has 46 heavy (non-hydrogen) atoms. The van der Waals surface area contributed by atoms with Crippen molar-refractivity contribution in [2.45, 2.75) is 79.1 Å². The first-order valence-corrected chi connectivity index (χ1v) is 15.6. The van der Waals surface area contributed by atoms with Gasteiger partial charge in [-0.1, -0.05) is 26.5 Å². The molecule has 2 atom stereocenters. The molecule has 0 aromatic carbocycles. The van der Waals surface area contributed by atoms with Crippen molar-refractivity contribution in [2.24, 2.45) is 0 Å². The van der Waals surface area contributed by atoms with Crippen LogP contribution < -0.4 is 0 Å². The van der Waals surface area contributed by atoms with Crippen molar-refractivity contribution >= 4 is 57.2 Å². The van der Waals surface area contributed by atoms with Gasteiger partial charge < -0.3 is 24.9 Å². The van der Waals surface area contributed by atoms with Crippen LogP contribution in [0.1, 0.15) is 103 Å². The fourth-order valence-corrected chi connectivity index (χ4v) is 6.75. The summed E-state index contributed by atoms with van der Waals surface area (Å²) in [6, 6.07) is 5.84. The molecule has 0 fully saturated rings. The molecular weight excluding hydrogens is 584 g/mol. The van der Waals surface area contributed by atoms with E-state index < -0.39 is 18.4 Å². The SMILES string of the molecule is C=Cc1c(C)c2cc3nc(c(CC(=O)O)c4nc(cc5[nH]c(cc1[nH]2)c(C)c5CC)C(C)=C4C(=O)O)[C@@H](CCC(=O)OCC)[C@@H]3C. The molecule has 8 bridgehead atoms. The number of aromatic amines is 2. The van der Waals surface area contributed by atoms with Crippen LogP contribution in [0.3, 0.4) is 0 Å². The van der Waals surface area contributed by atoms with E-state index in [1.54, 1.807) is 13.8 Å². The van der Waals surface area contributed by atoms with Gasteiger partial charge in [0.25, 0.3) is 0 Å². The number of esters is 1. The number of carboxylic acids is 2. The molecule has 5 heterocycles. The molecule has 0 amide bonds. The maximum Gasteiger partial charge on any atom is 0.338 e. The van der Waals surface area contributed by atoms with Crippen LogP contribution in [0.2, 0.25) is 0 Å². The number of H-pyrrole nitrogens is 2. The summed E-state index contributed by atoms with van der Waals surface area (Å²) in [6.07, 6.45) is 2.49. The van der Waals surface area contributed by atoms with Crippen molar-refractivity contribution in [2.75, 3.05) is 6.61 Å². The topological polar surface area (TPSA) is 158 Å². The number of aromatic nitrogens is 4. The highest BCUT2D eigenvalue weighted by Crippen LogP contribution is 2.43. The molecule has 0 spiro atoms. The number of carbonyl (C=O) groups is 3. The average Bonchev–Trinajstić information content (AvgIpc) is 3.68. The van der Waals surface area contributed by atoms with E-state index in [1.807, 2.05) is 39.0 Å². The maximum absolute atomic E-state index is 12.8. The Morgan fingerprint density at radius 1 is 0.957 bits per heavy atom. The Kier molecular flexibility index (Phi) is 9.01. The van der Waals surface area contributed by atoms with Gasteiger partial charge in [-0.15, -0.1) is 0 Å². The Morgan fingerprint density at radius 2 is 1.65 bits per heavy atom. The van der Waals surface area contributed by atoms with Crippen molar-refractivity contribution in [3.63, 3.8) is 0 Å². The first-order chi connectivity index (χ1) is 21.9. The van der Waals surface area contributed by atoms with Gasteiger partial charge in [-0.3, -0.25) is 14.6 Å². The third kappa shape index (κ3) is 5.75. The number of hydrogen-bond donors (Lipinski definition) is 4. The highest BCUT2D eigenvalue weighted by molar-refractivity contribution is 6.24. The van der Waals surface area contributed by atoms with Gasteiger partial charge in [0, 0.05) is 57.1 Å². The fourth-order valence-electron chi connectivity index (χ4n) is 6.75. The predicted octanol–water partition coefficient (Wildman–Crippen LogP) is 7.01. The Hall–Kier alpha value is -4.99. The smallest absolute Gasteiger partial charge is 0.338 e. The van der Waals surface area contributed by atoms with Crippen molar-refractivity contribution in [3.8, 4) is 0 Å². The van der Waals surface area contributed by atoms with Crippen LogP contribution in [0.5, 0.6) is 0 Å². The van der Waals surface area contributed by atoms with Crippen LogP contribution in [-0.2, 0) is 32.0 Å². The second-order valence-corrected chi connectivity index (χ2v) is 11.9. The summed E-state index contributed by atoms with van der Waals surface area (Å²) >= 11 is 0. The number of ether oxygens (including phenoxy) is 1. The third-order valence-corrected chi connectivity index (χ3v) is 9.24. The summed E-state index contributed by atoms with van der Waals surface area (Å²) in [5.74, 6) is -3.31. The van der Waals surface area contributed by atoms with Crippen molar-refractivity contribution in [1.82, 2.24) is 19.9 Å². The Labute approximate surface area is 267 Å². The standard InChI is InChI=1S/C36H40N4O6/c1-8-21-17(4)25-14-27-19(6)23(11-12-32(43)46-10-3)34(39-27)24(13-31(41)42)35-33(36(44)45)20(7)28(40-35)16-30-22(9-2)18(5)26(38-30)15-29(21)37-25/h8,14-16,19,23,37-38H,1,9-13H2,2-7H3,(H,41,42)(H,44,45)/t19-,23-/m0/s1. The summed E-state index contributed by atoms with van der Waals surface area (Å²) in [7, 11) is 0. The quantitative estimate of drug-likeness (QED) is 0.185. The van der Waals surface area contributed by atoms with Crippen LogP contribution in [0.25, 0.3) is 39.3 Å². The summed E-state index contributed by atoms with van der Waals surface area (Å²) in [6.45, 7) is 15.8. The lowest BCUT2D eigenvalue weighted by Gasteiger charge is -2.18. The number of allylic oxidation sites excluding steroid dienone is 1. The lowest BCUT2D eigenvalue weighted by Crippen LogP contribution is -2.14. The molecule has 0 saturated carbocycles. The monoisotopic (exact) mass is 624 g/mol. The van der Waals surface area contributed by atoms with Gasteiger partial charge in [-0.2, -0.15) is 0 Å². The number of nitrogens with zero attached hydrogens (tertiary/aromatic N) is 2. The number of carbonyl (C=O) groups excluding carboxylic acids is 1. The van der Waals surface area contributed by atoms with Crippen LogP contribution in [0.15, 0.2) is 24.8 Å². The minimum absolute atomic E-state index is 0.0584. The average molecular weight is 625 g/mol. The second kappa shape index (κ2) is 12.8. The highest BCUT2D eigenvalue weighted by Gasteiger charge is 2.35. The van der Waals surface area contributed by atoms with E-state index in [0.717, 1.165) is 50.7 Å². The zero-order chi connectivity index (χ0) is 33.4. The number of nitrogens with one attached hydrogen (secondary N) is 2. The van der Waals surface area contributed by atoms with Crippen molar-refractivity contribution in [1.29, 1.82) is 0 Å². The number of aryl methyl sites for hydroxylation is 3. The minimum Gasteiger partial charge on any atom is -0.481 e. The Balaban J connectivity index is 1.98. The Bertz CT molecular complexity index is 1980.